The third-order valence-corrected chi connectivity index (χ3v) is 2.71. The minimum atomic E-state index is -1.18. The fourth-order valence-electron chi connectivity index (χ4n) is 1.28. The van der Waals surface area contributed by atoms with Gasteiger partial charge in [-0.2, -0.15) is 0 Å². The molecule has 0 aliphatic carbocycles. The molecule has 1 N–H and O–H groups in total. The van der Waals surface area contributed by atoms with Crippen LogP contribution in [0.3, 0.4) is 0 Å². The molecule has 0 unspecified atom stereocenters. The number of nitrogens with zero attached hydrogens (tertiary/aromatic N) is 1. The first-order valence-corrected chi connectivity index (χ1v) is 5.64. The SMILES string of the molecule is C#CCN(CC(=O)O)C(=O)c1ccc(Br)c(F)c1. The van der Waals surface area contributed by atoms with Gasteiger partial charge in [0.25, 0.3) is 5.91 Å². The third kappa shape index (κ3) is 3.57. The number of terminal acetylenes is 1. The molecule has 0 bridgehead atoms. The summed E-state index contributed by atoms with van der Waals surface area (Å²) in [6.45, 7) is -0.677. The molecule has 0 radical (unpaired) electrons. The van der Waals surface area contributed by atoms with Gasteiger partial charge in [0, 0.05) is 5.56 Å². The number of carboxylic acid groups (broad SMARTS) is 1. The summed E-state index contributed by atoms with van der Waals surface area (Å²) in [4.78, 5) is 23.5. The zero-order valence-corrected chi connectivity index (χ0v) is 10.8. The van der Waals surface area contributed by atoms with E-state index in [0.717, 1.165) is 11.0 Å². The van der Waals surface area contributed by atoms with Crippen LogP contribution in [0, 0.1) is 18.2 Å². The number of aliphatic carboxylic acids is 1. The van der Waals surface area contributed by atoms with E-state index >= 15 is 0 Å². The van der Waals surface area contributed by atoms with Crippen LogP contribution in [0.25, 0.3) is 0 Å². The summed E-state index contributed by atoms with van der Waals surface area (Å²) in [5.41, 5.74) is 0.0483. The molecular weight excluding hydrogens is 305 g/mol. The van der Waals surface area contributed by atoms with Gasteiger partial charge in [-0.15, -0.1) is 6.42 Å². The lowest BCUT2D eigenvalue weighted by Crippen LogP contribution is -2.36. The van der Waals surface area contributed by atoms with Gasteiger partial charge in [-0.1, -0.05) is 5.92 Å². The topological polar surface area (TPSA) is 57.6 Å². The lowest BCUT2D eigenvalue weighted by Gasteiger charge is -2.17. The minimum absolute atomic E-state index is 0.0483. The number of halogens is 2. The summed E-state index contributed by atoms with van der Waals surface area (Å²) in [7, 11) is 0. The van der Waals surface area contributed by atoms with Crippen molar-refractivity contribution in [2.24, 2.45) is 0 Å². The van der Waals surface area contributed by atoms with Crippen molar-refractivity contribution in [1.82, 2.24) is 4.90 Å². The summed E-state index contributed by atoms with van der Waals surface area (Å²) in [5.74, 6) is -0.219. The summed E-state index contributed by atoms with van der Waals surface area (Å²) in [5, 5.41) is 8.66. The number of carbonyl (C=O) groups excluding carboxylic acids is 1. The maximum absolute atomic E-state index is 13.3. The Kier molecular flexibility index (Phi) is 4.86. The largest absolute Gasteiger partial charge is 0.480 e. The second kappa shape index (κ2) is 6.17. The lowest BCUT2D eigenvalue weighted by molar-refractivity contribution is -0.137. The quantitative estimate of drug-likeness (QED) is 0.862. The summed E-state index contributed by atoms with van der Waals surface area (Å²) < 4.78 is 13.5. The Balaban J connectivity index is 2.98. The summed E-state index contributed by atoms with van der Waals surface area (Å²) >= 11 is 2.96. The number of carbonyl (C=O) groups is 2. The van der Waals surface area contributed by atoms with Crippen molar-refractivity contribution < 1.29 is 19.1 Å². The smallest absolute Gasteiger partial charge is 0.323 e. The fraction of sp³-hybridized carbons (Fsp3) is 0.167. The molecule has 1 aromatic rings. The molecule has 1 rings (SSSR count). The molecule has 0 aromatic heterocycles. The van der Waals surface area contributed by atoms with Crippen LogP contribution in [0.15, 0.2) is 22.7 Å². The zero-order valence-electron chi connectivity index (χ0n) is 9.19. The molecule has 94 valence electrons. The van der Waals surface area contributed by atoms with Gasteiger partial charge < -0.3 is 10.0 Å². The van der Waals surface area contributed by atoms with Gasteiger partial charge in [-0.25, -0.2) is 4.39 Å². The van der Waals surface area contributed by atoms with Gasteiger partial charge in [0.2, 0.25) is 0 Å². The van der Waals surface area contributed by atoms with Crippen LogP contribution < -0.4 is 0 Å². The van der Waals surface area contributed by atoms with Crippen LogP contribution in [-0.2, 0) is 4.79 Å². The van der Waals surface area contributed by atoms with E-state index in [1.165, 1.54) is 12.1 Å². The number of hydrogen-bond acceptors (Lipinski definition) is 2. The van der Waals surface area contributed by atoms with Gasteiger partial charge in [0.05, 0.1) is 11.0 Å². The monoisotopic (exact) mass is 313 g/mol. The van der Waals surface area contributed by atoms with E-state index in [1.54, 1.807) is 0 Å². The van der Waals surface area contributed by atoms with Gasteiger partial charge in [-0.05, 0) is 34.1 Å². The van der Waals surface area contributed by atoms with Gasteiger partial charge in [0.15, 0.2) is 0 Å². The summed E-state index contributed by atoms with van der Waals surface area (Å²) in [6.07, 6.45) is 5.06. The Morgan fingerprint density at radius 2 is 2.17 bits per heavy atom. The van der Waals surface area contributed by atoms with E-state index in [2.05, 4.69) is 21.9 Å². The molecule has 4 nitrogen and oxygen atoms in total. The first-order chi connectivity index (χ1) is 8.45. The van der Waals surface area contributed by atoms with Crippen LogP contribution in [0.2, 0.25) is 0 Å². The Hall–Kier alpha value is -1.87. The molecule has 6 heteroatoms. The maximum Gasteiger partial charge on any atom is 0.323 e. The van der Waals surface area contributed by atoms with Crippen molar-refractivity contribution in [3.8, 4) is 12.3 Å². The van der Waals surface area contributed by atoms with Crippen molar-refractivity contribution in [1.29, 1.82) is 0 Å². The molecule has 0 atom stereocenters. The van der Waals surface area contributed by atoms with Crippen LogP contribution in [-0.4, -0.2) is 35.0 Å². The molecular formula is C12H9BrFNO3. The van der Waals surface area contributed by atoms with Crippen LogP contribution >= 0.6 is 15.9 Å². The summed E-state index contributed by atoms with van der Waals surface area (Å²) in [6, 6.07) is 3.79. The highest BCUT2D eigenvalue weighted by atomic mass is 79.9. The normalized spacial score (nSPS) is 9.61. The highest BCUT2D eigenvalue weighted by molar-refractivity contribution is 9.10. The molecule has 18 heavy (non-hydrogen) atoms. The third-order valence-electron chi connectivity index (χ3n) is 2.06. The van der Waals surface area contributed by atoms with E-state index in [4.69, 9.17) is 11.5 Å². The molecule has 0 saturated carbocycles. The van der Waals surface area contributed by atoms with E-state index in [1.807, 2.05) is 0 Å². The molecule has 0 aliphatic heterocycles. The average Bonchev–Trinajstić information content (AvgIpc) is 2.31. The van der Waals surface area contributed by atoms with Gasteiger partial charge >= 0.3 is 5.97 Å². The van der Waals surface area contributed by atoms with Crippen molar-refractivity contribution in [2.45, 2.75) is 0 Å². The molecule has 0 heterocycles. The Labute approximate surface area is 112 Å². The molecule has 0 spiro atoms. The van der Waals surface area contributed by atoms with Crippen molar-refractivity contribution in [2.75, 3.05) is 13.1 Å². The van der Waals surface area contributed by atoms with E-state index in [-0.39, 0.29) is 16.6 Å². The first kappa shape index (κ1) is 14.2. The predicted octanol–water partition coefficient (Wildman–Crippen LogP) is 1.75. The number of benzene rings is 1. The second-order valence-corrected chi connectivity index (χ2v) is 4.24. The van der Waals surface area contributed by atoms with Crippen molar-refractivity contribution in [3.05, 3.63) is 34.1 Å². The Morgan fingerprint density at radius 1 is 1.50 bits per heavy atom. The van der Waals surface area contributed by atoms with Crippen LogP contribution in [0.4, 0.5) is 4.39 Å². The standard InChI is InChI=1S/C12H9BrFNO3/c1-2-5-15(7-11(16)17)12(18)8-3-4-9(13)10(14)6-8/h1,3-4,6H,5,7H2,(H,16,17). The van der Waals surface area contributed by atoms with Gasteiger partial charge in [-0.3, -0.25) is 9.59 Å². The predicted molar refractivity (Wildman–Crippen MR) is 66.5 cm³/mol. The van der Waals surface area contributed by atoms with Crippen LogP contribution in [0.5, 0.6) is 0 Å². The average molecular weight is 314 g/mol. The number of amides is 1. The Morgan fingerprint density at radius 3 is 2.67 bits per heavy atom. The number of carboxylic acids is 1. The van der Waals surface area contributed by atoms with Gasteiger partial charge in [0.1, 0.15) is 12.4 Å². The van der Waals surface area contributed by atoms with E-state index in [9.17, 15) is 14.0 Å². The van der Waals surface area contributed by atoms with E-state index < -0.39 is 24.2 Å². The highest BCUT2D eigenvalue weighted by Gasteiger charge is 2.18. The fourth-order valence-corrected chi connectivity index (χ4v) is 1.53. The number of rotatable bonds is 4. The first-order valence-electron chi connectivity index (χ1n) is 4.85. The molecule has 0 saturated heterocycles. The van der Waals surface area contributed by atoms with Crippen LogP contribution in [0.1, 0.15) is 10.4 Å². The Bertz CT molecular complexity index is 525. The van der Waals surface area contributed by atoms with E-state index in [0.29, 0.717) is 0 Å². The van der Waals surface area contributed by atoms with Crippen molar-refractivity contribution >= 4 is 27.8 Å². The molecule has 0 aliphatic rings. The van der Waals surface area contributed by atoms with Crippen molar-refractivity contribution in [3.63, 3.8) is 0 Å². The lowest BCUT2D eigenvalue weighted by atomic mass is 10.2. The molecule has 0 fully saturated rings. The number of hydrogen-bond donors (Lipinski definition) is 1. The molecule has 1 amide bonds. The maximum atomic E-state index is 13.3. The minimum Gasteiger partial charge on any atom is -0.480 e. The second-order valence-electron chi connectivity index (χ2n) is 3.39. The zero-order chi connectivity index (χ0) is 13.7. The highest BCUT2D eigenvalue weighted by Crippen LogP contribution is 2.17. The molecule has 1 aromatic carbocycles.